The number of aliphatic hydroxyl groups excluding tert-OH is 1. The number of rotatable bonds is 69. The number of hydrogen-bond acceptors (Lipinski definition) is 15. The highest BCUT2D eigenvalue weighted by Crippen LogP contribution is 2.45. The minimum absolute atomic E-state index is 0.103. The predicted molar refractivity (Wildman–Crippen MR) is 367 cm³/mol. The highest BCUT2D eigenvalue weighted by Gasteiger charge is 2.30. The van der Waals surface area contributed by atoms with Crippen molar-refractivity contribution in [3.05, 3.63) is 0 Å². The number of aliphatic hydroxyl groups is 1. The number of carbonyl (C=O) groups excluding carboxylic acids is 4. The lowest BCUT2D eigenvalue weighted by Gasteiger charge is -2.21. The second-order valence-electron chi connectivity index (χ2n) is 27.4. The summed E-state index contributed by atoms with van der Waals surface area (Å²) in [4.78, 5) is 72.6. The van der Waals surface area contributed by atoms with Gasteiger partial charge in [0.05, 0.1) is 26.4 Å². The van der Waals surface area contributed by atoms with E-state index in [9.17, 15) is 43.2 Å². The Labute approximate surface area is 556 Å². The third-order valence-corrected chi connectivity index (χ3v) is 19.2. The van der Waals surface area contributed by atoms with Crippen molar-refractivity contribution < 1.29 is 80.2 Å². The van der Waals surface area contributed by atoms with E-state index < -0.39 is 97.5 Å². The average Bonchev–Trinajstić information content (AvgIpc) is 3.67. The zero-order valence-electron chi connectivity index (χ0n) is 59.5. The lowest BCUT2D eigenvalue weighted by Crippen LogP contribution is -2.30. The molecule has 0 aliphatic rings. The van der Waals surface area contributed by atoms with Gasteiger partial charge in [-0.05, 0) is 49.4 Å². The lowest BCUT2D eigenvalue weighted by molar-refractivity contribution is -0.161. The van der Waals surface area contributed by atoms with Crippen LogP contribution >= 0.6 is 15.6 Å². The molecule has 0 aliphatic heterocycles. The van der Waals surface area contributed by atoms with Crippen LogP contribution in [0.1, 0.15) is 357 Å². The molecule has 0 amide bonds. The Morgan fingerprint density at radius 1 is 0.308 bits per heavy atom. The normalized spacial score (nSPS) is 14.8. The van der Waals surface area contributed by atoms with Crippen LogP contribution in [-0.4, -0.2) is 96.7 Å². The van der Waals surface area contributed by atoms with Gasteiger partial charge in [-0.15, -0.1) is 0 Å². The molecule has 0 heterocycles. The molecule has 7 atom stereocenters. The van der Waals surface area contributed by atoms with E-state index in [1.165, 1.54) is 154 Å². The molecule has 3 N–H and O–H groups in total. The highest BCUT2D eigenvalue weighted by molar-refractivity contribution is 7.47. The first-order valence-electron chi connectivity index (χ1n) is 37.3. The summed E-state index contributed by atoms with van der Waals surface area (Å²) in [5.74, 6) is 0.910. The number of ether oxygens (including phenoxy) is 4. The van der Waals surface area contributed by atoms with Crippen molar-refractivity contribution in [1.29, 1.82) is 0 Å². The summed E-state index contributed by atoms with van der Waals surface area (Å²) in [5, 5.41) is 10.6. The summed E-state index contributed by atoms with van der Waals surface area (Å²) >= 11 is 0. The Bertz CT molecular complexity index is 1800. The van der Waals surface area contributed by atoms with Crippen molar-refractivity contribution in [1.82, 2.24) is 0 Å². The van der Waals surface area contributed by atoms with E-state index in [1.54, 1.807) is 0 Å². The van der Waals surface area contributed by atoms with Crippen LogP contribution in [0, 0.1) is 23.7 Å². The molecule has 540 valence electrons. The number of unbranched alkanes of at least 4 members (excludes halogenated alkanes) is 33. The van der Waals surface area contributed by atoms with Crippen molar-refractivity contribution in [2.75, 3.05) is 39.6 Å². The maximum atomic E-state index is 13.0. The summed E-state index contributed by atoms with van der Waals surface area (Å²) in [6.45, 7) is 14.1. The van der Waals surface area contributed by atoms with Gasteiger partial charge in [0.25, 0.3) is 0 Å². The van der Waals surface area contributed by atoms with E-state index in [2.05, 4.69) is 55.4 Å². The fraction of sp³-hybridized carbons (Fsp3) is 0.944. The molecule has 17 nitrogen and oxygen atoms in total. The van der Waals surface area contributed by atoms with Gasteiger partial charge in [0.2, 0.25) is 0 Å². The molecule has 0 spiro atoms. The summed E-state index contributed by atoms with van der Waals surface area (Å²) in [5.41, 5.74) is 0. The molecule has 4 unspecified atom stereocenters. The quantitative estimate of drug-likeness (QED) is 0.0222. The predicted octanol–water partition coefficient (Wildman–Crippen LogP) is 20.5. The standard InChI is InChI=1S/C72H140O17P2/c1-9-64(7)50-42-34-26-19-15-13-11-12-14-16-20-28-38-46-54-71(76)88-67(58-82-69(74)52-44-36-27-21-17-18-24-32-40-48-62(3)4)60-86-90(78,79)84-56-66(73)57-85-91(80,81)87-61-68(59-83-70(75)53-45-37-31-30-35-43-51-65(8)10-2)89-72(77)55-47-39-29-23-22-25-33-41-49-63(5)6/h62-68,73H,9-61H2,1-8H3,(H,78,79)(H,80,81)/t64?,65?,66-,67-,68-/m1/s1. The van der Waals surface area contributed by atoms with E-state index in [1.807, 2.05) is 0 Å². The monoisotopic (exact) mass is 1340 g/mol. The van der Waals surface area contributed by atoms with Crippen LogP contribution in [0.15, 0.2) is 0 Å². The third-order valence-electron chi connectivity index (χ3n) is 17.3. The Balaban J connectivity index is 5.24. The summed E-state index contributed by atoms with van der Waals surface area (Å²) in [6.07, 6.45) is 44.5. The lowest BCUT2D eigenvalue weighted by atomic mass is 9.99. The Morgan fingerprint density at radius 2 is 0.527 bits per heavy atom. The number of hydrogen-bond donors (Lipinski definition) is 3. The van der Waals surface area contributed by atoms with Crippen LogP contribution in [-0.2, 0) is 65.4 Å². The van der Waals surface area contributed by atoms with Crippen molar-refractivity contribution in [3.8, 4) is 0 Å². The minimum Gasteiger partial charge on any atom is -0.462 e. The van der Waals surface area contributed by atoms with Crippen molar-refractivity contribution >= 4 is 39.5 Å². The number of phosphoric acid groups is 2. The third kappa shape index (κ3) is 63.9. The minimum atomic E-state index is -4.95. The van der Waals surface area contributed by atoms with Gasteiger partial charge in [0, 0.05) is 25.7 Å². The fourth-order valence-electron chi connectivity index (χ4n) is 10.8. The number of carbonyl (C=O) groups is 4. The highest BCUT2D eigenvalue weighted by atomic mass is 31.2. The average molecular weight is 1340 g/mol. The van der Waals surface area contributed by atoms with Gasteiger partial charge in [-0.25, -0.2) is 9.13 Å². The smallest absolute Gasteiger partial charge is 0.462 e. The van der Waals surface area contributed by atoms with Crippen molar-refractivity contribution in [2.24, 2.45) is 23.7 Å². The van der Waals surface area contributed by atoms with Gasteiger partial charge < -0.3 is 33.8 Å². The fourth-order valence-corrected chi connectivity index (χ4v) is 12.4. The van der Waals surface area contributed by atoms with Gasteiger partial charge in [-0.2, -0.15) is 0 Å². The second kappa shape index (κ2) is 61.6. The SMILES string of the molecule is CCC(C)CCCCCCCCCCCCCCCCC(=O)O[C@H](COC(=O)CCCCCCCCCCCC(C)C)COP(=O)(O)OC[C@@H](O)COP(=O)(O)OC[C@@H](COC(=O)CCCCCCCCC(C)CC)OC(=O)CCCCCCCCCCC(C)C. The summed E-state index contributed by atoms with van der Waals surface area (Å²) in [6, 6.07) is 0. The zero-order valence-corrected chi connectivity index (χ0v) is 61.3. The molecule has 0 rings (SSSR count). The maximum absolute atomic E-state index is 13.0. The molecule has 0 aliphatic carbocycles. The van der Waals surface area contributed by atoms with Gasteiger partial charge in [-0.1, -0.05) is 306 Å². The molecule has 0 bridgehead atoms. The molecule has 0 aromatic rings. The zero-order chi connectivity index (χ0) is 67.5. The van der Waals surface area contributed by atoms with E-state index in [0.717, 1.165) is 120 Å². The molecule has 0 aromatic carbocycles. The van der Waals surface area contributed by atoms with Crippen LogP contribution in [0.5, 0.6) is 0 Å². The van der Waals surface area contributed by atoms with Crippen LogP contribution < -0.4 is 0 Å². The van der Waals surface area contributed by atoms with Crippen molar-refractivity contribution in [3.63, 3.8) is 0 Å². The van der Waals surface area contributed by atoms with E-state index in [0.29, 0.717) is 25.7 Å². The van der Waals surface area contributed by atoms with Crippen LogP contribution in [0.3, 0.4) is 0 Å². The van der Waals surface area contributed by atoms with E-state index in [-0.39, 0.29) is 25.7 Å². The maximum Gasteiger partial charge on any atom is 0.472 e. The van der Waals surface area contributed by atoms with Gasteiger partial charge in [0.1, 0.15) is 19.3 Å². The molecule has 0 fully saturated rings. The summed E-state index contributed by atoms with van der Waals surface area (Å²) in [7, 11) is -9.91. The topological polar surface area (TPSA) is 237 Å². The first kappa shape index (κ1) is 89.1. The molecule has 0 aromatic heterocycles. The summed E-state index contributed by atoms with van der Waals surface area (Å²) < 4.78 is 68.3. The largest absolute Gasteiger partial charge is 0.472 e. The number of phosphoric ester groups is 2. The van der Waals surface area contributed by atoms with Gasteiger partial charge in [-0.3, -0.25) is 37.3 Å². The molecule has 91 heavy (non-hydrogen) atoms. The molecule has 0 saturated heterocycles. The molecular formula is C72H140O17P2. The first-order chi connectivity index (χ1) is 43.7. The molecule has 19 heteroatoms. The molecule has 0 radical (unpaired) electrons. The van der Waals surface area contributed by atoms with E-state index in [4.69, 9.17) is 37.0 Å². The second-order valence-corrected chi connectivity index (χ2v) is 30.3. The van der Waals surface area contributed by atoms with Crippen LogP contribution in [0.2, 0.25) is 0 Å². The number of esters is 4. The Kier molecular flexibility index (Phi) is 60.3. The molecular weight excluding hydrogens is 1200 g/mol. The van der Waals surface area contributed by atoms with Gasteiger partial charge >= 0.3 is 39.5 Å². The van der Waals surface area contributed by atoms with E-state index >= 15 is 0 Å². The molecule has 0 saturated carbocycles. The van der Waals surface area contributed by atoms with Gasteiger partial charge in [0.15, 0.2) is 12.2 Å². The van der Waals surface area contributed by atoms with Crippen LogP contribution in [0.4, 0.5) is 0 Å². The Morgan fingerprint density at radius 3 is 0.780 bits per heavy atom. The van der Waals surface area contributed by atoms with Crippen LogP contribution in [0.25, 0.3) is 0 Å². The van der Waals surface area contributed by atoms with Crippen molar-refractivity contribution in [2.45, 2.75) is 375 Å². The Hall–Kier alpha value is -1.94. The first-order valence-corrected chi connectivity index (χ1v) is 40.3.